The van der Waals surface area contributed by atoms with E-state index in [-0.39, 0.29) is 35.5 Å². The van der Waals surface area contributed by atoms with Crippen LogP contribution in [0.2, 0.25) is 0 Å². The third-order valence-corrected chi connectivity index (χ3v) is 5.53. The molecule has 2 fully saturated rings. The molecule has 1 unspecified atom stereocenters. The molecular formula is C13H25ClN2O3S. The molecule has 1 heterocycles. The van der Waals surface area contributed by atoms with Gasteiger partial charge in [-0.2, -0.15) is 0 Å². The summed E-state index contributed by atoms with van der Waals surface area (Å²) in [5, 5.41) is 6.24. The van der Waals surface area contributed by atoms with Gasteiger partial charge < -0.3 is 10.6 Å². The molecule has 5 nitrogen and oxygen atoms in total. The summed E-state index contributed by atoms with van der Waals surface area (Å²) in [6.07, 6.45) is 5.50. The van der Waals surface area contributed by atoms with Crippen molar-refractivity contribution in [1.29, 1.82) is 0 Å². The first-order chi connectivity index (χ1) is 8.83. The van der Waals surface area contributed by atoms with E-state index in [1.165, 1.54) is 12.7 Å². The maximum Gasteiger partial charge on any atom is 0.228 e. The number of sulfone groups is 1. The highest BCUT2D eigenvalue weighted by atomic mass is 35.5. The van der Waals surface area contributed by atoms with Gasteiger partial charge in [-0.3, -0.25) is 4.79 Å². The monoisotopic (exact) mass is 324 g/mol. The van der Waals surface area contributed by atoms with Gasteiger partial charge in [-0.15, -0.1) is 12.4 Å². The zero-order valence-electron chi connectivity index (χ0n) is 12.1. The molecule has 20 heavy (non-hydrogen) atoms. The van der Waals surface area contributed by atoms with E-state index in [1.54, 1.807) is 6.92 Å². The number of rotatable bonds is 4. The highest BCUT2D eigenvalue weighted by Gasteiger charge is 2.49. The fourth-order valence-electron chi connectivity index (χ4n) is 3.55. The highest BCUT2D eigenvalue weighted by molar-refractivity contribution is 7.90. The van der Waals surface area contributed by atoms with Crippen molar-refractivity contribution in [1.82, 2.24) is 10.6 Å². The first kappa shape index (κ1) is 17.7. The Labute approximate surface area is 127 Å². The average Bonchev–Trinajstić information content (AvgIpc) is 2.70. The van der Waals surface area contributed by atoms with Crippen molar-refractivity contribution in [3.8, 4) is 0 Å². The molecule has 0 aromatic carbocycles. The van der Waals surface area contributed by atoms with Gasteiger partial charge in [-0.1, -0.05) is 12.8 Å². The Bertz CT molecular complexity index is 455. The van der Waals surface area contributed by atoms with Gasteiger partial charge in [0, 0.05) is 18.8 Å². The molecular weight excluding hydrogens is 300 g/mol. The first-order valence-corrected chi connectivity index (χ1v) is 9.09. The summed E-state index contributed by atoms with van der Waals surface area (Å²) in [6, 6.07) is -0.319. The van der Waals surface area contributed by atoms with Gasteiger partial charge in [0.2, 0.25) is 5.91 Å². The minimum atomic E-state index is -3.05. The van der Waals surface area contributed by atoms with Crippen LogP contribution in [-0.2, 0) is 14.6 Å². The molecule has 2 N–H and O–H groups in total. The Kier molecular flexibility index (Phi) is 5.87. The van der Waals surface area contributed by atoms with Crippen LogP contribution in [0.5, 0.6) is 0 Å². The Hall–Kier alpha value is -0.330. The minimum absolute atomic E-state index is 0. The number of carbonyl (C=O) groups excluding carboxylic acids is 1. The molecule has 1 aliphatic heterocycles. The van der Waals surface area contributed by atoms with E-state index in [9.17, 15) is 13.2 Å². The lowest BCUT2D eigenvalue weighted by Gasteiger charge is -2.37. The molecule has 0 spiro atoms. The van der Waals surface area contributed by atoms with Gasteiger partial charge in [0.1, 0.15) is 9.84 Å². The third kappa shape index (κ3) is 3.86. The molecule has 1 saturated heterocycles. The summed E-state index contributed by atoms with van der Waals surface area (Å²) in [7, 11) is -3.05. The van der Waals surface area contributed by atoms with Gasteiger partial charge in [0.25, 0.3) is 0 Å². The second-order valence-corrected chi connectivity index (χ2v) is 8.38. The van der Waals surface area contributed by atoms with Gasteiger partial charge in [0.15, 0.2) is 0 Å². The lowest BCUT2D eigenvalue weighted by atomic mass is 9.67. The Morgan fingerprint density at radius 1 is 1.45 bits per heavy atom. The van der Waals surface area contributed by atoms with Crippen LogP contribution in [0.25, 0.3) is 0 Å². The summed E-state index contributed by atoms with van der Waals surface area (Å²) in [5.74, 6) is 0.456. The smallest absolute Gasteiger partial charge is 0.228 e. The SMILES string of the molecule is CC(CS(C)(=O)=O)NC(=O)[C@@]12CCCC[C@H]1CNC2.Cl. The average molecular weight is 325 g/mol. The predicted octanol–water partition coefficient (Wildman–Crippen LogP) is 0.737. The van der Waals surface area contributed by atoms with E-state index in [0.29, 0.717) is 5.92 Å². The quantitative estimate of drug-likeness (QED) is 0.799. The maximum atomic E-state index is 12.6. The van der Waals surface area contributed by atoms with E-state index >= 15 is 0 Å². The zero-order valence-corrected chi connectivity index (χ0v) is 13.8. The van der Waals surface area contributed by atoms with Crippen molar-refractivity contribution < 1.29 is 13.2 Å². The van der Waals surface area contributed by atoms with Crippen LogP contribution in [0.3, 0.4) is 0 Å². The Balaban J connectivity index is 0.00000200. The topological polar surface area (TPSA) is 75.3 Å². The Morgan fingerprint density at radius 3 is 2.80 bits per heavy atom. The lowest BCUT2D eigenvalue weighted by molar-refractivity contribution is -0.134. The van der Waals surface area contributed by atoms with Crippen LogP contribution in [0.1, 0.15) is 32.6 Å². The number of hydrogen-bond donors (Lipinski definition) is 2. The number of fused-ring (bicyclic) bond motifs is 1. The van der Waals surface area contributed by atoms with E-state index < -0.39 is 9.84 Å². The molecule has 2 rings (SSSR count). The molecule has 2 aliphatic rings. The molecule has 1 aliphatic carbocycles. The third-order valence-electron chi connectivity index (χ3n) is 4.42. The normalized spacial score (nSPS) is 31.0. The number of hydrogen-bond acceptors (Lipinski definition) is 4. The van der Waals surface area contributed by atoms with Crippen LogP contribution in [0.4, 0.5) is 0 Å². The standard InChI is InChI=1S/C13H24N2O3S.ClH/c1-10(8-19(2,17)18)15-12(16)13-6-4-3-5-11(13)7-14-9-13;/h10-11,14H,3-9H2,1-2H3,(H,15,16);1H/t10?,11-,13+;/m0./s1. The van der Waals surface area contributed by atoms with Crippen LogP contribution in [-0.4, -0.2) is 45.5 Å². The van der Waals surface area contributed by atoms with E-state index in [1.807, 2.05) is 0 Å². The number of halogens is 1. The second-order valence-electron chi connectivity index (χ2n) is 6.20. The fraction of sp³-hybridized carbons (Fsp3) is 0.923. The molecule has 0 aromatic heterocycles. The molecule has 1 saturated carbocycles. The summed E-state index contributed by atoms with van der Waals surface area (Å²) in [6.45, 7) is 3.40. The second kappa shape index (κ2) is 6.62. The minimum Gasteiger partial charge on any atom is -0.352 e. The van der Waals surface area contributed by atoms with Crippen molar-refractivity contribution in [2.24, 2.45) is 11.3 Å². The molecule has 1 amide bonds. The van der Waals surface area contributed by atoms with Crippen LogP contribution >= 0.6 is 12.4 Å². The molecule has 7 heteroatoms. The number of carbonyl (C=O) groups is 1. The fourth-order valence-corrected chi connectivity index (χ4v) is 4.55. The van der Waals surface area contributed by atoms with Gasteiger partial charge in [-0.25, -0.2) is 8.42 Å². The summed E-state index contributed by atoms with van der Waals surface area (Å²) in [5.41, 5.74) is -0.302. The number of nitrogens with one attached hydrogen (secondary N) is 2. The van der Waals surface area contributed by atoms with Gasteiger partial charge in [-0.05, 0) is 32.2 Å². The van der Waals surface area contributed by atoms with Crippen LogP contribution in [0.15, 0.2) is 0 Å². The molecule has 0 bridgehead atoms. The Morgan fingerprint density at radius 2 is 2.15 bits per heavy atom. The molecule has 0 aromatic rings. The van der Waals surface area contributed by atoms with Crippen LogP contribution < -0.4 is 10.6 Å². The van der Waals surface area contributed by atoms with Crippen molar-refractivity contribution in [3.63, 3.8) is 0 Å². The first-order valence-electron chi connectivity index (χ1n) is 7.03. The zero-order chi connectivity index (χ0) is 14.1. The summed E-state index contributed by atoms with van der Waals surface area (Å²) < 4.78 is 22.5. The maximum absolute atomic E-state index is 12.6. The van der Waals surface area contributed by atoms with Crippen molar-refractivity contribution in [3.05, 3.63) is 0 Å². The molecule has 0 radical (unpaired) electrons. The van der Waals surface area contributed by atoms with Crippen molar-refractivity contribution in [2.75, 3.05) is 25.1 Å². The van der Waals surface area contributed by atoms with Gasteiger partial charge in [0.05, 0.1) is 11.2 Å². The largest absolute Gasteiger partial charge is 0.352 e. The van der Waals surface area contributed by atoms with Crippen molar-refractivity contribution >= 4 is 28.2 Å². The van der Waals surface area contributed by atoms with Crippen LogP contribution in [0, 0.1) is 11.3 Å². The summed E-state index contributed by atoms with van der Waals surface area (Å²) >= 11 is 0. The number of amides is 1. The van der Waals surface area contributed by atoms with E-state index in [0.717, 1.165) is 32.4 Å². The van der Waals surface area contributed by atoms with E-state index in [4.69, 9.17) is 0 Å². The lowest BCUT2D eigenvalue weighted by Crippen LogP contribution is -2.51. The highest BCUT2D eigenvalue weighted by Crippen LogP contribution is 2.43. The van der Waals surface area contributed by atoms with Crippen molar-refractivity contribution in [2.45, 2.75) is 38.6 Å². The predicted molar refractivity (Wildman–Crippen MR) is 81.8 cm³/mol. The van der Waals surface area contributed by atoms with E-state index in [2.05, 4.69) is 10.6 Å². The van der Waals surface area contributed by atoms with Gasteiger partial charge >= 0.3 is 0 Å². The molecule has 3 atom stereocenters. The summed E-state index contributed by atoms with van der Waals surface area (Å²) in [4.78, 5) is 12.6. The molecule has 118 valence electrons.